The van der Waals surface area contributed by atoms with Crippen molar-refractivity contribution >= 4 is 15.9 Å². The fraction of sp³-hybridized carbons (Fsp3) is 0.333. The highest BCUT2D eigenvalue weighted by Crippen LogP contribution is 2.15. The summed E-state index contributed by atoms with van der Waals surface area (Å²) < 4.78 is 12.2. The molecule has 0 bridgehead atoms. The number of rotatable bonds is 7. The van der Waals surface area contributed by atoms with Crippen LogP contribution in [0.1, 0.15) is 23.8 Å². The van der Waals surface area contributed by atoms with E-state index >= 15 is 0 Å². The summed E-state index contributed by atoms with van der Waals surface area (Å²) in [6, 6.07) is 10.1. The van der Waals surface area contributed by atoms with Gasteiger partial charge in [0.1, 0.15) is 5.76 Å². The first-order valence-electron chi connectivity index (χ1n) is 6.37. The van der Waals surface area contributed by atoms with Crippen molar-refractivity contribution in [2.24, 2.45) is 0 Å². The quantitative estimate of drug-likeness (QED) is 0.840. The third-order valence-electron chi connectivity index (χ3n) is 2.79. The summed E-state index contributed by atoms with van der Waals surface area (Å²) >= 11 is 3.45. The number of ether oxygens (including phenoxy) is 1. The fourth-order valence-electron chi connectivity index (χ4n) is 1.79. The molecule has 0 fully saturated rings. The lowest BCUT2D eigenvalue weighted by Gasteiger charge is -2.06. The molecule has 1 heterocycles. The third-order valence-corrected chi connectivity index (χ3v) is 3.28. The molecule has 1 aromatic carbocycles. The van der Waals surface area contributed by atoms with Crippen LogP contribution in [0.4, 0.5) is 0 Å². The Hall–Kier alpha value is -1.10. The molecule has 0 aliphatic carbocycles. The van der Waals surface area contributed by atoms with Gasteiger partial charge in [-0.2, -0.15) is 0 Å². The Bertz CT molecular complexity index is 510. The van der Waals surface area contributed by atoms with E-state index in [9.17, 15) is 0 Å². The lowest BCUT2D eigenvalue weighted by molar-refractivity contribution is 0.106. The molecule has 0 aliphatic heterocycles. The number of halogens is 1. The molecule has 102 valence electrons. The first-order valence-corrected chi connectivity index (χ1v) is 7.17. The Kier molecular flexibility index (Phi) is 5.63. The summed E-state index contributed by atoms with van der Waals surface area (Å²) in [4.78, 5) is 0. The van der Waals surface area contributed by atoms with Gasteiger partial charge in [0.25, 0.3) is 0 Å². The Morgan fingerprint density at radius 1 is 1.26 bits per heavy atom. The van der Waals surface area contributed by atoms with Gasteiger partial charge in [0.15, 0.2) is 0 Å². The van der Waals surface area contributed by atoms with Gasteiger partial charge in [-0.05, 0) is 30.3 Å². The number of furan rings is 1. The summed E-state index contributed by atoms with van der Waals surface area (Å²) in [5, 5.41) is 3.25. The molecule has 4 heteroatoms. The van der Waals surface area contributed by atoms with Crippen molar-refractivity contribution in [3.8, 4) is 0 Å². The molecule has 0 radical (unpaired) electrons. The number of hydrogen-bond donors (Lipinski definition) is 1. The molecule has 2 aromatic rings. The van der Waals surface area contributed by atoms with Gasteiger partial charge < -0.3 is 14.5 Å². The van der Waals surface area contributed by atoms with Crippen LogP contribution < -0.4 is 5.32 Å². The normalized spacial score (nSPS) is 10.8. The van der Waals surface area contributed by atoms with E-state index in [1.807, 2.05) is 18.2 Å². The average Bonchev–Trinajstić information content (AvgIpc) is 2.84. The minimum Gasteiger partial charge on any atom is -0.468 e. The van der Waals surface area contributed by atoms with Gasteiger partial charge in [-0.15, -0.1) is 0 Å². The second kappa shape index (κ2) is 7.48. The second-order valence-electron chi connectivity index (χ2n) is 4.27. The molecule has 2 rings (SSSR count). The van der Waals surface area contributed by atoms with Crippen molar-refractivity contribution in [1.82, 2.24) is 5.32 Å². The standard InChI is InChI=1S/C15H18BrNO2/c1-2-17-9-15-13(6-7-19-15)11-18-10-12-4-3-5-14(16)8-12/h3-8,17H,2,9-11H2,1H3. The van der Waals surface area contributed by atoms with Crippen molar-refractivity contribution < 1.29 is 9.15 Å². The zero-order valence-electron chi connectivity index (χ0n) is 11.0. The van der Waals surface area contributed by atoms with Crippen molar-refractivity contribution in [1.29, 1.82) is 0 Å². The van der Waals surface area contributed by atoms with Crippen LogP contribution in [0.3, 0.4) is 0 Å². The van der Waals surface area contributed by atoms with Crippen molar-refractivity contribution in [2.45, 2.75) is 26.7 Å². The number of hydrogen-bond acceptors (Lipinski definition) is 3. The summed E-state index contributed by atoms with van der Waals surface area (Å²) in [5.41, 5.74) is 2.27. The smallest absolute Gasteiger partial charge is 0.123 e. The van der Waals surface area contributed by atoms with E-state index in [2.05, 4.69) is 40.3 Å². The first-order chi connectivity index (χ1) is 9.29. The molecule has 0 saturated carbocycles. The maximum atomic E-state index is 5.73. The minimum absolute atomic E-state index is 0.573. The van der Waals surface area contributed by atoms with E-state index in [0.29, 0.717) is 13.2 Å². The minimum atomic E-state index is 0.573. The largest absolute Gasteiger partial charge is 0.468 e. The van der Waals surface area contributed by atoms with Crippen LogP contribution in [-0.2, 0) is 24.5 Å². The van der Waals surface area contributed by atoms with Crippen LogP contribution in [0.15, 0.2) is 45.5 Å². The van der Waals surface area contributed by atoms with Crippen LogP contribution in [0.2, 0.25) is 0 Å². The molecule has 0 unspecified atom stereocenters. The highest BCUT2D eigenvalue weighted by Gasteiger charge is 2.05. The monoisotopic (exact) mass is 323 g/mol. The topological polar surface area (TPSA) is 34.4 Å². The van der Waals surface area contributed by atoms with Gasteiger partial charge in [-0.25, -0.2) is 0 Å². The molecule has 0 atom stereocenters. The van der Waals surface area contributed by atoms with E-state index in [-0.39, 0.29) is 0 Å². The van der Waals surface area contributed by atoms with Gasteiger partial charge in [-0.3, -0.25) is 0 Å². The maximum Gasteiger partial charge on any atom is 0.123 e. The zero-order chi connectivity index (χ0) is 13.5. The third kappa shape index (κ3) is 4.49. The highest BCUT2D eigenvalue weighted by atomic mass is 79.9. The van der Waals surface area contributed by atoms with Gasteiger partial charge >= 0.3 is 0 Å². The van der Waals surface area contributed by atoms with Crippen LogP contribution >= 0.6 is 15.9 Å². The molecule has 3 nitrogen and oxygen atoms in total. The molecular formula is C15H18BrNO2. The molecular weight excluding hydrogens is 306 g/mol. The SMILES string of the molecule is CCNCc1occc1COCc1cccc(Br)c1. The van der Waals surface area contributed by atoms with Crippen LogP contribution in [0.5, 0.6) is 0 Å². The van der Waals surface area contributed by atoms with E-state index in [0.717, 1.165) is 34.4 Å². The van der Waals surface area contributed by atoms with Gasteiger partial charge in [0, 0.05) is 10.0 Å². The van der Waals surface area contributed by atoms with Crippen LogP contribution in [0.25, 0.3) is 0 Å². The van der Waals surface area contributed by atoms with Crippen LogP contribution in [0, 0.1) is 0 Å². The predicted octanol–water partition coefficient (Wildman–Crippen LogP) is 3.87. The molecule has 1 aromatic heterocycles. The summed E-state index contributed by atoms with van der Waals surface area (Å²) in [6.45, 7) is 4.93. The lowest BCUT2D eigenvalue weighted by Crippen LogP contribution is -2.12. The molecule has 1 N–H and O–H groups in total. The Balaban J connectivity index is 1.84. The second-order valence-corrected chi connectivity index (χ2v) is 5.19. The summed E-state index contributed by atoms with van der Waals surface area (Å²) in [5.74, 6) is 0.955. The molecule has 0 aliphatic rings. The van der Waals surface area contributed by atoms with E-state index in [1.54, 1.807) is 6.26 Å². The van der Waals surface area contributed by atoms with E-state index in [1.165, 1.54) is 0 Å². The van der Waals surface area contributed by atoms with Gasteiger partial charge in [0.05, 0.1) is 26.0 Å². The Morgan fingerprint density at radius 2 is 2.16 bits per heavy atom. The van der Waals surface area contributed by atoms with Crippen molar-refractivity contribution in [3.05, 3.63) is 58.0 Å². The zero-order valence-corrected chi connectivity index (χ0v) is 12.6. The van der Waals surface area contributed by atoms with Gasteiger partial charge in [0.2, 0.25) is 0 Å². The van der Waals surface area contributed by atoms with E-state index in [4.69, 9.17) is 9.15 Å². The maximum absolute atomic E-state index is 5.73. The number of nitrogens with one attached hydrogen (secondary N) is 1. The summed E-state index contributed by atoms with van der Waals surface area (Å²) in [6.07, 6.45) is 1.71. The fourth-order valence-corrected chi connectivity index (χ4v) is 2.24. The van der Waals surface area contributed by atoms with Crippen molar-refractivity contribution in [2.75, 3.05) is 6.54 Å². The lowest BCUT2D eigenvalue weighted by atomic mass is 10.2. The first kappa shape index (κ1) is 14.3. The highest BCUT2D eigenvalue weighted by molar-refractivity contribution is 9.10. The molecule has 0 saturated heterocycles. The molecule has 0 amide bonds. The Morgan fingerprint density at radius 3 is 2.95 bits per heavy atom. The predicted molar refractivity (Wildman–Crippen MR) is 78.7 cm³/mol. The molecule has 0 spiro atoms. The number of benzene rings is 1. The van der Waals surface area contributed by atoms with Crippen LogP contribution in [-0.4, -0.2) is 6.54 Å². The molecule has 19 heavy (non-hydrogen) atoms. The average molecular weight is 324 g/mol. The van der Waals surface area contributed by atoms with E-state index < -0.39 is 0 Å². The van der Waals surface area contributed by atoms with Crippen molar-refractivity contribution in [3.63, 3.8) is 0 Å². The Labute approximate surface area is 122 Å². The summed E-state index contributed by atoms with van der Waals surface area (Å²) in [7, 11) is 0. The van der Waals surface area contributed by atoms with Gasteiger partial charge in [-0.1, -0.05) is 35.0 Å².